The van der Waals surface area contributed by atoms with Gasteiger partial charge in [0, 0.05) is 19.2 Å². The second-order valence-corrected chi connectivity index (χ2v) is 6.38. The summed E-state index contributed by atoms with van der Waals surface area (Å²) in [5.41, 5.74) is 0.869. The molecule has 3 rings (SSSR count). The molecule has 24 heavy (non-hydrogen) atoms. The van der Waals surface area contributed by atoms with E-state index in [1.165, 1.54) is 0 Å². The highest BCUT2D eigenvalue weighted by Gasteiger charge is 2.29. The highest BCUT2D eigenvalue weighted by atomic mass is 16.4. The molecular formula is C17H24N4O3. The molecule has 2 N–H and O–H groups in total. The number of hydrogen-bond acceptors (Lipinski definition) is 5. The van der Waals surface area contributed by atoms with Crippen molar-refractivity contribution < 1.29 is 14.3 Å². The van der Waals surface area contributed by atoms with Crippen molar-refractivity contribution >= 4 is 11.7 Å². The van der Waals surface area contributed by atoms with Crippen molar-refractivity contribution in [3.63, 3.8) is 0 Å². The van der Waals surface area contributed by atoms with Gasteiger partial charge in [-0.1, -0.05) is 0 Å². The van der Waals surface area contributed by atoms with Crippen molar-refractivity contribution in [2.24, 2.45) is 7.05 Å². The quantitative estimate of drug-likeness (QED) is 0.843. The molecule has 0 aliphatic carbocycles. The summed E-state index contributed by atoms with van der Waals surface area (Å²) < 4.78 is 6.92. The van der Waals surface area contributed by atoms with E-state index in [0.29, 0.717) is 24.5 Å². The number of carbonyl (C=O) groups excluding carboxylic acids is 1. The van der Waals surface area contributed by atoms with Gasteiger partial charge in [0.15, 0.2) is 0 Å². The number of aromatic nitrogens is 2. The van der Waals surface area contributed by atoms with Crippen LogP contribution in [0.3, 0.4) is 0 Å². The molecule has 1 aliphatic rings. The molecule has 2 aromatic rings. The normalized spacial score (nSPS) is 19.5. The van der Waals surface area contributed by atoms with E-state index >= 15 is 0 Å². The number of anilines is 1. The van der Waals surface area contributed by atoms with Crippen LogP contribution >= 0.6 is 0 Å². The summed E-state index contributed by atoms with van der Waals surface area (Å²) in [6.45, 7) is 3.08. The van der Waals surface area contributed by atoms with E-state index in [9.17, 15) is 9.90 Å². The van der Waals surface area contributed by atoms with Gasteiger partial charge in [0.2, 0.25) is 5.91 Å². The molecule has 0 spiro atoms. The van der Waals surface area contributed by atoms with E-state index in [4.69, 9.17) is 4.42 Å². The zero-order valence-electron chi connectivity index (χ0n) is 14.1. The van der Waals surface area contributed by atoms with E-state index in [1.807, 2.05) is 13.0 Å². The molecule has 7 nitrogen and oxygen atoms in total. The first kappa shape index (κ1) is 16.7. The number of hydrogen-bond donors (Lipinski definition) is 2. The molecule has 1 saturated heterocycles. The van der Waals surface area contributed by atoms with E-state index in [0.717, 1.165) is 25.1 Å². The molecule has 0 aromatic carbocycles. The van der Waals surface area contributed by atoms with E-state index in [-0.39, 0.29) is 11.9 Å². The average molecular weight is 332 g/mol. The number of aryl methyl sites for hydroxylation is 2. The van der Waals surface area contributed by atoms with Crippen LogP contribution in [0.1, 0.15) is 36.8 Å². The number of furan rings is 1. The molecule has 2 atom stereocenters. The van der Waals surface area contributed by atoms with Crippen molar-refractivity contribution in [3.05, 3.63) is 35.9 Å². The minimum absolute atomic E-state index is 0.0580. The Hall–Kier alpha value is -2.12. The number of aliphatic hydroxyl groups excluding tert-OH is 1. The highest BCUT2D eigenvalue weighted by molar-refractivity contribution is 5.91. The van der Waals surface area contributed by atoms with Crippen molar-refractivity contribution in [1.29, 1.82) is 0 Å². The maximum Gasteiger partial charge on any atom is 0.239 e. The Balaban J connectivity index is 1.55. The first-order chi connectivity index (χ1) is 11.5. The monoisotopic (exact) mass is 332 g/mol. The van der Waals surface area contributed by atoms with Crippen molar-refractivity contribution in [1.82, 2.24) is 14.7 Å². The number of aliphatic hydroxyl groups is 1. The number of likely N-dealkylation sites (tertiary alicyclic amines) is 1. The van der Waals surface area contributed by atoms with Gasteiger partial charge in [-0.2, -0.15) is 5.10 Å². The van der Waals surface area contributed by atoms with Crippen LogP contribution in [-0.4, -0.2) is 44.8 Å². The Morgan fingerprint density at radius 1 is 1.58 bits per heavy atom. The Morgan fingerprint density at radius 2 is 2.42 bits per heavy atom. The minimum Gasteiger partial charge on any atom is -0.467 e. The predicted octanol–water partition coefficient (Wildman–Crippen LogP) is 1.85. The second-order valence-electron chi connectivity index (χ2n) is 6.38. The SMILES string of the molecule is Cc1cc(NC(=O)CN2CCCC2CC(O)c2ccco2)n(C)n1. The third-order valence-electron chi connectivity index (χ3n) is 4.48. The zero-order chi connectivity index (χ0) is 17.1. The van der Waals surface area contributed by atoms with Gasteiger partial charge in [0.1, 0.15) is 17.7 Å². The van der Waals surface area contributed by atoms with E-state index < -0.39 is 6.10 Å². The van der Waals surface area contributed by atoms with Gasteiger partial charge in [-0.15, -0.1) is 0 Å². The predicted molar refractivity (Wildman–Crippen MR) is 89.5 cm³/mol. The Labute approximate surface area is 141 Å². The molecule has 2 aromatic heterocycles. The summed E-state index contributed by atoms with van der Waals surface area (Å²) in [4.78, 5) is 14.4. The Kier molecular flexibility index (Phi) is 5.01. The molecular weight excluding hydrogens is 308 g/mol. The fourth-order valence-electron chi connectivity index (χ4n) is 3.32. The lowest BCUT2D eigenvalue weighted by molar-refractivity contribution is -0.117. The van der Waals surface area contributed by atoms with Crippen LogP contribution in [0.25, 0.3) is 0 Å². The van der Waals surface area contributed by atoms with Gasteiger partial charge < -0.3 is 14.8 Å². The molecule has 7 heteroatoms. The summed E-state index contributed by atoms with van der Waals surface area (Å²) in [6, 6.07) is 5.58. The fourth-order valence-corrected chi connectivity index (χ4v) is 3.32. The van der Waals surface area contributed by atoms with Crippen LogP contribution in [0, 0.1) is 6.92 Å². The van der Waals surface area contributed by atoms with Gasteiger partial charge in [-0.25, -0.2) is 0 Å². The zero-order valence-corrected chi connectivity index (χ0v) is 14.1. The Morgan fingerprint density at radius 3 is 3.08 bits per heavy atom. The van der Waals surface area contributed by atoms with Crippen molar-refractivity contribution in [2.45, 2.75) is 38.3 Å². The number of rotatable bonds is 6. The number of carbonyl (C=O) groups is 1. The molecule has 0 saturated carbocycles. The lowest BCUT2D eigenvalue weighted by Crippen LogP contribution is -2.37. The maximum absolute atomic E-state index is 12.3. The molecule has 0 radical (unpaired) electrons. The summed E-state index contributed by atoms with van der Waals surface area (Å²) in [5, 5.41) is 17.4. The first-order valence-electron chi connectivity index (χ1n) is 8.29. The van der Waals surface area contributed by atoms with Crippen molar-refractivity contribution in [3.8, 4) is 0 Å². The molecule has 1 fully saturated rings. The lowest BCUT2D eigenvalue weighted by Gasteiger charge is -2.25. The number of amides is 1. The second kappa shape index (κ2) is 7.19. The Bertz CT molecular complexity index is 680. The highest BCUT2D eigenvalue weighted by Crippen LogP contribution is 2.27. The summed E-state index contributed by atoms with van der Waals surface area (Å²) in [6.07, 6.45) is 3.53. The minimum atomic E-state index is -0.631. The summed E-state index contributed by atoms with van der Waals surface area (Å²) in [7, 11) is 1.81. The van der Waals surface area contributed by atoms with Crippen molar-refractivity contribution in [2.75, 3.05) is 18.4 Å². The topological polar surface area (TPSA) is 83.5 Å². The molecule has 1 amide bonds. The molecule has 2 unspecified atom stereocenters. The lowest BCUT2D eigenvalue weighted by atomic mass is 10.1. The van der Waals surface area contributed by atoms with Crippen LogP contribution in [0.15, 0.2) is 28.9 Å². The van der Waals surface area contributed by atoms with Crippen LogP contribution in [-0.2, 0) is 11.8 Å². The van der Waals surface area contributed by atoms with Gasteiger partial charge >= 0.3 is 0 Å². The van der Waals surface area contributed by atoms with Crippen LogP contribution in [0.2, 0.25) is 0 Å². The smallest absolute Gasteiger partial charge is 0.239 e. The third kappa shape index (κ3) is 3.85. The summed E-state index contributed by atoms with van der Waals surface area (Å²) >= 11 is 0. The van der Waals surface area contributed by atoms with Crippen LogP contribution in [0.4, 0.5) is 5.82 Å². The van der Waals surface area contributed by atoms with E-state index in [2.05, 4.69) is 15.3 Å². The van der Waals surface area contributed by atoms with Crippen LogP contribution < -0.4 is 5.32 Å². The van der Waals surface area contributed by atoms with Crippen LogP contribution in [0.5, 0.6) is 0 Å². The summed E-state index contributed by atoms with van der Waals surface area (Å²) in [5.74, 6) is 1.22. The fraction of sp³-hybridized carbons (Fsp3) is 0.529. The molecule has 0 bridgehead atoms. The van der Waals surface area contributed by atoms with Gasteiger partial charge in [-0.05, 0) is 44.9 Å². The molecule has 3 heterocycles. The molecule has 130 valence electrons. The average Bonchev–Trinajstić information content (AvgIpc) is 3.23. The standard InChI is InChI=1S/C17H24N4O3/c1-12-9-16(20(2)19-12)18-17(23)11-21-7-3-5-13(21)10-14(22)15-6-4-8-24-15/h4,6,8-9,13-14,22H,3,5,7,10-11H2,1-2H3,(H,18,23). The van der Waals surface area contributed by atoms with Gasteiger partial charge in [0.25, 0.3) is 0 Å². The third-order valence-corrected chi connectivity index (χ3v) is 4.48. The first-order valence-corrected chi connectivity index (χ1v) is 8.29. The number of nitrogens with zero attached hydrogens (tertiary/aromatic N) is 3. The largest absolute Gasteiger partial charge is 0.467 e. The van der Waals surface area contributed by atoms with Gasteiger partial charge in [-0.3, -0.25) is 14.4 Å². The molecule has 1 aliphatic heterocycles. The number of nitrogens with one attached hydrogen (secondary N) is 1. The maximum atomic E-state index is 12.3. The van der Waals surface area contributed by atoms with E-state index in [1.54, 1.807) is 30.1 Å². The van der Waals surface area contributed by atoms with Gasteiger partial charge in [0.05, 0.1) is 18.5 Å².